The first-order valence-electron chi connectivity index (χ1n) is 9.25. The second-order valence-electron chi connectivity index (χ2n) is 8.49. The van der Waals surface area contributed by atoms with Crippen LogP contribution in [-0.2, 0) is 16.6 Å². The SMILES string of the molecule is Cc1nn(Cc2ccccc2)cc1S(=O)(=O)NC1CC(C)CC(C)(C)C1. The van der Waals surface area contributed by atoms with E-state index in [4.69, 9.17) is 0 Å². The van der Waals surface area contributed by atoms with Crippen molar-refractivity contribution < 1.29 is 8.42 Å². The van der Waals surface area contributed by atoms with Crippen molar-refractivity contribution in [1.82, 2.24) is 14.5 Å². The number of aromatic nitrogens is 2. The molecule has 6 heteroatoms. The van der Waals surface area contributed by atoms with E-state index >= 15 is 0 Å². The van der Waals surface area contributed by atoms with Gasteiger partial charge < -0.3 is 0 Å². The predicted octanol–water partition coefficient (Wildman–Crippen LogP) is 3.73. The highest BCUT2D eigenvalue weighted by molar-refractivity contribution is 7.89. The van der Waals surface area contributed by atoms with E-state index in [1.165, 1.54) is 0 Å². The second kappa shape index (κ2) is 7.16. The number of hydrogen-bond donors (Lipinski definition) is 1. The molecule has 0 spiro atoms. The van der Waals surface area contributed by atoms with Gasteiger partial charge in [0.15, 0.2) is 0 Å². The van der Waals surface area contributed by atoms with Gasteiger partial charge >= 0.3 is 0 Å². The van der Waals surface area contributed by atoms with Gasteiger partial charge in [0.1, 0.15) is 4.90 Å². The number of sulfonamides is 1. The van der Waals surface area contributed by atoms with Crippen molar-refractivity contribution >= 4 is 10.0 Å². The van der Waals surface area contributed by atoms with E-state index in [2.05, 4.69) is 30.6 Å². The largest absolute Gasteiger partial charge is 0.267 e. The lowest BCUT2D eigenvalue weighted by molar-refractivity contribution is 0.163. The van der Waals surface area contributed by atoms with Crippen LogP contribution in [0, 0.1) is 18.3 Å². The van der Waals surface area contributed by atoms with Crippen molar-refractivity contribution in [2.45, 2.75) is 64.4 Å². The molecular formula is C20H29N3O2S. The van der Waals surface area contributed by atoms with E-state index < -0.39 is 10.0 Å². The number of nitrogens with one attached hydrogen (secondary N) is 1. The minimum Gasteiger partial charge on any atom is -0.267 e. The molecule has 3 rings (SSSR count). The Kier molecular flexibility index (Phi) is 5.26. The fourth-order valence-corrected chi connectivity index (χ4v) is 5.77. The molecule has 0 amide bonds. The van der Waals surface area contributed by atoms with Crippen molar-refractivity contribution in [3.63, 3.8) is 0 Å². The summed E-state index contributed by atoms with van der Waals surface area (Å²) in [5.74, 6) is 0.522. The smallest absolute Gasteiger partial charge is 0.244 e. The van der Waals surface area contributed by atoms with Gasteiger partial charge in [-0.3, -0.25) is 4.68 Å². The molecule has 0 aliphatic heterocycles. The fraction of sp³-hybridized carbons (Fsp3) is 0.550. The predicted molar refractivity (Wildman–Crippen MR) is 103 cm³/mol. The lowest BCUT2D eigenvalue weighted by Gasteiger charge is -2.39. The molecule has 1 heterocycles. The number of aryl methyl sites for hydroxylation is 1. The summed E-state index contributed by atoms with van der Waals surface area (Å²) in [5.41, 5.74) is 1.79. The molecule has 5 nitrogen and oxygen atoms in total. The molecule has 1 fully saturated rings. The Morgan fingerprint density at radius 1 is 1.23 bits per heavy atom. The zero-order valence-corrected chi connectivity index (χ0v) is 16.9. The third-order valence-electron chi connectivity index (χ3n) is 5.09. The van der Waals surface area contributed by atoms with Crippen molar-refractivity contribution in [1.29, 1.82) is 0 Å². The Morgan fingerprint density at radius 2 is 1.92 bits per heavy atom. The van der Waals surface area contributed by atoms with Gasteiger partial charge in [-0.15, -0.1) is 0 Å². The molecule has 0 bridgehead atoms. The molecular weight excluding hydrogens is 346 g/mol. The fourth-order valence-electron chi connectivity index (χ4n) is 4.33. The van der Waals surface area contributed by atoms with E-state index in [1.807, 2.05) is 30.3 Å². The molecule has 1 N–H and O–H groups in total. The van der Waals surface area contributed by atoms with Crippen LogP contribution in [0.2, 0.25) is 0 Å². The standard InChI is InChI=1S/C20H29N3O2S/c1-15-10-18(12-20(3,4)11-15)22-26(24,25)19-14-23(21-16(19)2)13-17-8-6-5-7-9-17/h5-9,14-15,18,22H,10-13H2,1-4H3. The third-order valence-corrected chi connectivity index (χ3v) is 6.71. The van der Waals surface area contributed by atoms with Gasteiger partial charge in [-0.05, 0) is 43.1 Å². The molecule has 2 atom stereocenters. The summed E-state index contributed by atoms with van der Waals surface area (Å²) in [4.78, 5) is 0.282. The lowest BCUT2D eigenvalue weighted by atomic mass is 9.71. The first-order chi connectivity index (χ1) is 12.1. The second-order valence-corrected chi connectivity index (χ2v) is 10.2. The van der Waals surface area contributed by atoms with Gasteiger partial charge in [-0.1, -0.05) is 51.1 Å². The molecule has 0 radical (unpaired) electrons. The molecule has 1 aromatic heterocycles. The van der Waals surface area contributed by atoms with Gasteiger partial charge in [-0.25, -0.2) is 13.1 Å². The summed E-state index contributed by atoms with van der Waals surface area (Å²) in [6.07, 6.45) is 4.54. The van der Waals surface area contributed by atoms with E-state index in [9.17, 15) is 8.42 Å². The minimum absolute atomic E-state index is 0.0179. The molecule has 0 saturated heterocycles. The first kappa shape index (κ1) is 19.1. The van der Waals surface area contributed by atoms with Crippen LogP contribution in [0.5, 0.6) is 0 Å². The van der Waals surface area contributed by atoms with E-state index in [0.717, 1.165) is 24.8 Å². The summed E-state index contributed by atoms with van der Waals surface area (Å²) in [7, 11) is -3.57. The highest BCUT2D eigenvalue weighted by Gasteiger charge is 2.35. The molecule has 1 aliphatic carbocycles. The molecule has 1 aromatic carbocycles. The molecule has 142 valence electrons. The summed E-state index contributed by atoms with van der Waals surface area (Å²) in [6, 6.07) is 9.90. The summed E-state index contributed by atoms with van der Waals surface area (Å²) >= 11 is 0. The highest BCUT2D eigenvalue weighted by atomic mass is 32.2. The average molecular weight is 376 g/mol. The third kappa shape index (κ3) is 4.54. The van der Waals surface area contributed by atoms with Crippen LogP contribution in [0.15, 0.2) is 41.4 Å². The zero-order valence-electron chi connectivity index (χ0n) is 16.1. The number of rotatable bonds is 5. The van der Waals surface area contributed by atoms with Crippen molar-refractivity contribution in [3.05, 3.63) is 47.8 Å². The highest BCUT2D eigenvalue weighted by Crippen LogP contribution is 2.38. The first-order valence-corrected chi connectivity index (χ1v) is 10.7. The Bertz CT molecular complexity index is 856. The Hall–Kier alpha value is -1.66. The van der Waals surface area contributed by atoms with Crippen LogP contribution in [-0.4, -0.2) is 24.2 Å². The maximum Gasteiger partial charge on any atom is 0.244 e. The van der Waals surface area contributed by atoms with Crippen molar-refractivity contribution in [2.75, 3.05) is 0 Å². The van der Waals surface area contributed by atoms with Crippen LogP contribution in [0.3, 0.4) is 0 Å². The average Bonchev–Trinajstić information content (AvgIpc) is 2.87. The Labute approximate surface area is 156 Å². The summed E-state index contributed by atoms with van der Waals surface area (Å²) in [5, 5.41) is 4.41. The minimum atomic E-state index is -3.57. The van der Waals surface area contributed by atoms with Crippen LogP contribution >= 0.6 is 0 Å². The van der Waals surface area contributed by atoms with Gasteiger partial charge in [0.25, 0.3) is 0 Å². The Balaban J connectivity index is 1.77. The van der Waals surface area contributed by atoms with E-state index in [-0.39, 0.29) is 16.4 Å². The van der Waals surface area contributed by atoms with Gasteiger partial charge in [0.05, 0.1) is 12.2 Å². The number of nitrogens with zero attached hydrogens (tertiary/aromatic N) is 2. The van der Waals surface area contributed by atoms with Crippen LogP contribution < -0.4 is 4.72 Å². The maximum absolute atomic E-state index is 12.9. The van der Waals surface area contributed by atoms with Gasteiger partial charge in [0, 0.05) is 12.2 Å². The van der Waals surface area contributed by atoms with Crippen molar-refractivity contribution in [2.24, 2.45) is 11.3 Å². The van der Waals surface area contributed by atoms with Crippen LogP contribution in [0.1, 0.15) is 51.3 Å². The van der Waals surface area contributed by atoms with Gasteiger partial charge in [0.2, 0.25) is 10.0 Å². The molecule has 2 unspecified atom stereocenters. The maximum atomic E-state index is 12.9. The molecule has 26 heavy (non-hydrogen) atoms. The monoisotopic (exact) mass is 375 g/mol. The van der Waals surface area contributed by atoms with Crippen LogP contribution in [0.4, 0.5) is 0 Å². The zero-order chi connectivity index (χ0) is 18.9. The van der Waals surface area contributed by atoms with Gasteiger partial charge in [-0.2, -0.15) is 5.10 Å². The van der Waals surface area contributed by atoms with E-state index in [0.29, 0.717) is 18.2 Å². The van der Waals surface area contributed by atoms with Crippen LogP contribution in [0.25, 0.3) is 0 Å². The quantitative estimate of drug-likeness (QED) is 0.866. The van der Waals surface area contributed by atoms with Crippen molar-refractivity contribution in [3.8, 4) is 0 Å². The summed E-state index contributed by atoms with van der Waals surface area (Å²) < 4.78 is 30.5. The molecule has 2 aromatic rings. The summed E-state index contributed by atoms with van der Waals surface area (Å²) in [6.45, 7) is 8.94. The normalized spacial score (nSPS) is 23.1. The topological polar surface area (TPSA) is 64.0 Å². The molecule has 1 saturated carbocycles. The Morgan fingerprint density at radius 3 is 2.58 bits per heavy atom. The number of hydrogen-bond acceptors (Lipinski definition) is 3. The number of benzene rings is 1. The van der Waals surface area contributed by atoms with E-state index in [1.54, 1.807) is 17.8 Å². The molecule has 1 aliphatic rings. The lowest BCUT2D eigenvalue weighted by Crippen LogP contribution is -2.42.